The maximum Gasteiger partial charge on any atom is 0.269 e. The molecule has 0 saturated carbocycles. The number of hydrogen-bond donors (Lipinski definition) is 1. The number of thioether (sulfide) groups is 1. The zero-order valence-corrected chi connectivity index (χ0v) is 15.0. The van der Waals surface area contributed by atoms with Crippen molar-refractivity contribution in [2.45, 2.75) is 25.0 Å². The largest absolute Gasteiger partial charge is 0.309 e. The number of aromatic nitrogens is 2. The van der Waals surface area contributed by atoms with Gasteiger partial charge in [0.15, 0.2) is 5.16 Å². The van der Waals surface area contributed by atoms with Crippen molar-refractivity contribution in [1.82, 2.24) is 9.97 Å². The van der Waals surface area contributed by atoms with E-state index < -0.39 is 0 Å². The van der Waals surface area contributed by atoms with Crippen molar-refractivity contribution in [3.05, 3.63) is 52.1 Å². The number of para-hydroxylation sites is 1. The lowest BCUT2D eigenvalue weighted by Gasteiger charge is -2.26. The van der Waals surface area contributed by atoms with Gasteiger partial charge in [-0.2, -0.15) is 0 Å². The number of rotatable bonds is 5. The Kier molecular flexibility index (Phi) is 5.01. The average Bonchev–Trinajstić information content (AvgIpc) is 3.03. The van der Waals surface area contributed by atoms with Gasteiger partial charge in [-0.15, -0.1) is 11.3 Å². The smallest absolute Gasteiger partial charge is 0.269 e. The number of carbonyl (C=O) groups is 1. The Morgan fingerprint density at radius 1 is 1.29 bits per heavy atom. The Bertz CT molecular complexity index is 903. The van der Waals surface area contributed by atoms with Crippen molar-refractivity contribution >= 4 is 44.9 Å². The van der Waals surface area contributed by atoms with E-state index in [0.717, 1.165) is 5.69 Å². The molecule has 0 aliphatic rings. The number of anilines is 1. The third-order valence-corrected chi connectivity index (χ3v) is 5.21. The summed E-state index contributed by atoms with van der Waals surface area (Å²) in [5.74, 6) is 0.195. The summed E-state index contributed by atoms with van der Waals surface area (Å²) >= 11 is 2.61. The van der Waals surface area contributed by atoms with Crippen molar-refractivity contribution in [2.24, 2.45) is 0 Å². The Labute approximate surface area is 147 Å². The highest BCUT2D eigenvalue weighted by molar-refractivity contribution is 7.99. The number of fused-ring (bicyclic) bond motifs is 1. The number of nitrogens with one attached hydrogen (secondary N) is 1. The molecule has 124 valence electrons. The van der Waals surface area contributed by atoms with Crippen molar-refractivity contribution in [1.29, 1.82) is 0 Å². The second-order valence-corrected chi connectivity index (χ2v) is 7.37. The fourth-order valence-electron chi connectivity index (χ4n) is 2.44. The molecule has 5 nitrogen and oxygen atoms in total. The van der Waals surface area contributed by atoms with E-state index >= 15 is 0 Å². The molecule has 0 saturated heterocycles. The van der Waals surface area contributed by atoms with Crippen molar-refractivity contribution < 1.29 is 4.79 Å². The fourth-order valence-corrected chi connectivity index (χ4v) is 3.89. The molecule has 1 N–H and O–H groups in total. The molecule has 24 heavy (non-hydrogen) atoms. The van der Waals surface area contributed by atoms with E-state index in [1.807, 2.05) is 55.6 Å². The van der Waals surface area contributed by atoms with Gasteiger partial charge in [-0.25, -0.2) is 4.98 Å². The molecule has 0 spiro atoms. The molecule has 0 fully saturated rings. The molecular weight excluding hydrogens is 342 g/mol. The Balaban J connectivity index is 1.76. The van der Waals surface area contributed by atoms with E-state index in [9.17, 15) is 9.59 Å². The van der Waals surface area contributed by atoms with Gasteiger partial charge < -0.3 is 9.88 Å². The van der Waals surface area contributed by atoms with E-state index in [0.29, 0.717) is 15.4 Å². The first-order valence-corrected chi connectivity index (χ1v) is 9.40. The van der Waals surface area contributed by atoms with Gasteiger partial charge in [-0.05, 0) is 37.4 Å². The number of amides is 1. The summed E-state index contributed by atoms with van der Waals surface area (Å²) in [6.45, 7) is 3.96. The van der Waals surface area contributed by atoms with Crippen LogP contribution in [0.1, 0.15) is 13.8 Å². The molecule has 0 unspecified atom stereocenters. The highest BCUT2D eigenvalue weighted by Gasteiger charge is 2.19. The number of nitrogens with zero attached hydrogens (tertiary/aromatic N) is 2. The highest BCUT2D eigenvalue weighted by Crippen LogP contribution is 2.21. The zero-order chi connectivity index (χ0) is 17.1. The van der Waals surface area contributed by atoms with E-state index in [4.69, 9.17) is 0 Å². The summed E-state index contributed by atoms with van der Waals surface area (Å²) in [5, 5.41) is 2.30. The summed E-state index contributed by atoms with van der Waals surface area (Å²) in [7, 11) is 0. The topological polar surface area (TPSA) is 66.1 Å². The maximum absolute atomic E-state index is 12.6. The average molecular weight is 359 g/mol. The predicted octanol–water partition coefficient (Wildman–Crippen LogP) is 3.52. The molecular formula is C17H17N3O2S2. The molecule has 0 radical (unpaired) electrons. The SMILES string of the molecule is CC(C)N(C(=O)CSc1nc2ccsc2c(=O)[nH]1)c1ccccc1. The number of carbonyl (C=O) groups excluding carboxylic acids is 1. The molecule has 0 aliphatic carbocycles. The minimum atomic E-state index is -0.159. The Hall–Kier alpha value is -2.12. The lowest BCUT2D eigenvalue weighted by atomic mass is 10.2. The second kappa shape index (κ2) is 7.19. The second-order valence-electron chi connectivity index (χ2n) is 5.49. The molecule has 3 rings (SSSR count). The normalized spacial score (nSPS) is 11.1. The van der Waals surface area contributed by atoms with Crippen LogP contribution in [0, 0.1) is 0 Å². The van der Waals surface area contributed by atoms with Crippen molar-refractivity contribution in [3.63, 3.8) is 0 Å². The minimum absolute atomic E-state index is 0.0192. The number of aromatic amines is 1. The van der Waals surface area contributed by atoms with E-state index in [1.165, 1.54) is 23.1 Å². The van der Waals surface area contributed by atoms with Crippen LogP contribution in [-0.2, 0) is 4.79 Å². The number of H-pyrrole nitrogens is 1. The van der Waals surface area contributed by atoms with Crippen LogP contribution in [0.15, 0.2) is 51.7 Å². The molecule has 2 aromatic heterocycles. The van der Waals surface area contributed by atoms with Crippen molar-refractivity contribution in [3.8, 4) is 0 Å². The first-order chi connectivity index (χ1) is 11.6. The first-order valence-electron chi connectivity index (χ1n) is 7.53. The van der Waals surface area contributed by atoms with Gasteiger partial charge in [-0.3, -0.25) is 9.59 Å². The lowest BCUT2D eigenvalue weighted by Crippen LogP contribution is -2.38. The van der Waals surface area contributed by atoms with Gasteiger partial charge in [0.1, 0.15) is 4.70 Å². The third-order valence-electron chi connectivity index (χ3n) is 3.44. The van der Waals surface area contributed by atoms with E-state index in [1.54, 1.807) is 4.90 Å². The van der Waals surface area contributed by atoms with Gasteiger partial charge in [-0.1, -0.05) is 30.0 Å². The molecule has 3 aromatic rings. The van der Waals surface area contributed by atoms with Gasteiger partial charge in [0.25, 0.3) is 5.56 Å². The number of hydrogen-bond acceptors (Lipinski definition) is 5. The fraction of sp³-hybridized carbons (Fsp3) is 0.235. The van der Waals surface area contributed by atoms with Gasteiger partial charge >= 0.3 is 0 Å². The van der Waals surface area contributed by atoms with Crippen LogP contribution in [0.4, 0.5) is 5.69 Å². The molecule has 0 atom stereocenters. The quantitative estimate of drug-likeness (QED) is 0.559. The van der Waals surface area contributed by atoms with Crippen LogP contribution in [0.25, 0.3) is 10.2 Å². The van der Waals surface area contributed by atoms with Crippen molar-refractivity contribution in [2.75, 3.05) is 10.7 Å². The number of thiophene rings is 1. The summed E-state index contributed by atoms with van der Waals surface area (Å²) in [4.78, 5) is 33.5. The third kappa shape index (κ3) is 3.52. The molecule has 2 heterocycles. The van der Waals surface area contributed by atoms with Gasteiger partial charge in [0, 0.05) is 11.7 Å². The molecule has 1 amide bonds. The predicted molar refractivity (Wildman–Crippen MR) is 100 cm³/mol. The summed E-state index contributed by atoms with van der Waals surface area (Å²) in [5.41, 5.74) is 1.38. The summed E-state index contributed by atoms with van der Waals surface area (Å²) in [6.07, 6.45) is 0. The molecule has 7 heteroatoms. The van der Waals surface area contributed by atoms with Crippen LogP contribution < -0.4 is 10.5 Å². The zero-order valence-electron chi connectivity index (χ0n) is 13.4. The standard InChI is InChI=1S/C17H17N3O2S2/c1-11(2)20(12-6-4-3-5-7-12)14(21)10-24-17-18-13-8-9-23-15(13)16(22)19-17/h3-9,11H,10H2,1-2H3,(H,18,19,22). The van der Waals surface area contributed by atoms with Gasteiger partial charge in [0.2, 0.25) is 5.91 Å². The minimum Gasteiger partial charge on any atom is -0.309 e. The Morgan fingerprint density at radius 2 is 2.04 bits per heavy atom. The first kappa shape index (κ1) is 16.7. The summed E-state index contributed by atoms with van der Waals surface area (Å²) in [6, 6.07) is 11.4. The Morgan fingerprint density at radius 3 is 2.75 bits per heavy atom. The molecule has 0 bridgehead atoms. The highest BCUT2D eigenvalue weighted by atomic mass is 32.2. The monoisotopic (exact) mass is 359 g/mol. The van der Waals surface area contributed by atoms with E-state index in [2.05, 4.69) is 9.97 Å². The molecule has 0 aliphatic heterocycles. The van der Waals surface area contributed by atoms with Crippen LogP contribution in [0.5, 0.6) is 0 Å². The van der Waals surface area contributed by atoms with Crippen LogP contribution in [-0.4, -0.2) is 27.7 Å². The van der Waals surface area contributed by atoms with Crippen LogP contribution in [0.3, 0.4) is 0 Å². The molecule has 1 aromatic carbocycles. The van der Waals surface area contributed by atoms with Crippen LogP contribution in [0.2, 0.25) is 0 Å². The maximum atomic E-state index is 12.6. The van der Waals surface area contributed by atoms with Crippen LogP contribution >= 0.6 is 23.1 Å². The van der Waals surface area contributed by atoms with E-state index in [-0.39, 0.29) is 23.3 Å². The van der Waals surface area contributed by atoms with Gasteiger partial charge in [0.05, 0.1) is 11.3 Å². The lowest BCUT2D eigenvalue weighted by molar-refractivity contribution is -0.116. The number of benzene rings is 1. The summed E-state index contributed by atoms with van der Waals surface area (Å²) < 4.78 is 0.610.